The van der Waals surface area contributed by atoms with Gasteiger partial charge < -0.3 is 10.2 Å². The molecule has 0 aromatic carbocycles. The summed E-state index contributed by atoms with van der Waals surface area (Å²) in [4.78, 5) is 14.0. The van der Waals surface area contributed by atoms with E-state index in [2.05, 4.69) is 5.32 Å². The highest BCUT2D eigenvalue weighted by atomic mass is 32.2. The second-order valence-electron chi connectivity index (χ2n) is 7.22. The Morgan fingerprint density at radius 3 is 2.23 bits per heavy atom. The highest BCUT2D eigenvalue weighted by Gasteiger charge is 2.33. The molecule has 1 N–H and O–H groups in total. The first kappa shape index (κ1) is 16.2. The Bertz CT molecular complexity index is 488. The van der Waals surface area contributed by atoms with E-state index in [1.54, 1.807) is 4.90 Å². The second kappa shape index (κ2) is 6.87. The third-order valence-corrected chi connectivity index (χ3v) is 7.51. The minimum Gasteiger partial charge on any atom is -0.342 e. The number of sulfone groups is 1. The standard InChI is InChI=1S/C16H28N2O3S/c19-16(12-22(20,21)15-3-1-2-4-15)18-9-7-14(8-10-18)17-11-13-5-6-13/h13-15,17H,1-12H2. The van der Waals surface area contributed by atoms with Gasteiger partial charge in [-0.2, -0.15) is 0 Å². The van der Waals surface area contributed by atoms with Gasteiger partial charge in [0.15, 0.2) is 9.84 Å². The topological polar surface area (TPSA) is 66.5 Å². The summed E-state index contributed by atoms with van der Waals surface area (Å²) in [7, 11) is -3.24. The molecule has 0 atom stereocenters. The molecule has 3 rings (SSSR count). The largest absolute Gasteiger partial charge is 0.342 e. The van der Waals surface area contributed by atoms with Gasteiger partial charge in [0.05, 0.1) is 5.25 Å². The van der Waals surface area contributed by atoms with E-state index in [0.29, 0.717) is 19.1 Å². The fourth-order valence-corrected chi connectivity index (χ4v) is 5.43. The van der Waals surface area contributed by atoms with Crippen molar-refractivity contribution in [2.45, 2.75) is 62.7 Å². The van der Waals surface area contributed by atoms with Crippen molar-refractivity contribution in [3.8, 4) is 0 Å². The number of nitrogens with zero attached hydrogens (tertiary/aromatic N) is 1. The van der Waals surface area contributed by atoms with E-state index in [1.165, 1.54) is 12.8 Å². The maximum absolute atomic E-state index is 12.3. The third kappa shape index (κ3) is 4.22. The quantitative estimate of drug-likeness (QED) is 0.799. The van der Waals surface area contributed by atoms with Crippen LogP contribution in [0.3, 0.4) is 0 Å². The Balaban J connectivity index is 1.42. The molecule has 3 fully saturated rings. The Morgan fingerprint density at radius 1 is 1.00 bits per heavy atom. The summed E-state index contributed by atoms with van der Waals surface area (Å²) in [5, 5.41) is 3.31. The monoisotopic (exact) mass is 328 g/mol. The van der Waals surface area contributed by atoms with Crippen LogP contribution >= 0.6 is 0 Å². The molecule has 6 heteroatoms. The van der Waals surface area contributed by atoms with E-state index >= 15 is 0 Å². The molecule has 1 aliphatic heterocycles. The predicted octanol–water partition coefficient (Wildman–Crippen LogP) is 1.33. The molecule has 22 heavy (non-hydrogen) atoms. The van der Waals surface area contributed by atoms with E-state index in [-0.39, 0.29) is 16.9 Å². The van der Waals surface area contributed by atoms with Gasteiger partial charge in [0, 0.05) is 19.1 Å². The SMILES string of the molecule is O=C(CS(=O)(=O)C1CCCC1)N1CCC(NCC2CC2)CC1. The number of nitrogens with one attached hydrogen (secondary N) is 1. The van der Waals surface area contributed by atoms with Gasteiger partial charge in [0.1, 0.15) is 5.75 Å². The molecule has 0 radical (unpaired) electrons. The van der Waals surface area contributed by atoms with E-state index in [1.807, 2.05) is 0 Å². The van der Waals surface area contributed by atoms with E-state index < -0.39 is 9.84 Å². The number of hydrogen-bond donors (Lipinski definition) is 1. The Morgan fingerprint density at radius 2 is 1.64 bits per heavy atom. The number of carbonyl (C=O) groups is 1. The van der Waals surface area contributed by atoms with Gasteiger partial charge in [-0.3, -0.25) is 4.79 Å². The summed E-state index contributed by atoms with van der Waals surface area (Å²) < 4.78 is 24.5. The van der Waals surface area contributed by atoms with Crippen molar-refractivity contribution in [3.63, 3.8) is 0 Å². The van der Waals surface area contributed by atoms with Crippen molar-refractivity contribution in [1.29, 1.82) is 0 Å². The smallest absolute Gasteiger partial charge is 0.237 e. The molecule has 1 saturated heterocycles. The molecule has 3 aliphatic rings. The maximum atomic E-state index is 12.3. The van der Waals surface area contributed by atoms with Crippen LogP contribution in [0.5, 0.6) is 0 Å². The number of hydrogen-bond acceptors (Lipinski definition) is 4. The van der Waals surface area contributed by atoms with Gasteiger partial charge in [0.25, 0.3) is 0 Å². The van der Waals surface area contributed by atoms with Crippen molar-refractivity contribution in [2.75, 3.05) is 25.4 Å². The average Bonchev–Trinajstić information content (AvgIpc) is 3.15. The van der Waals surface area contributed by atoms with E-state index in [9.17, 15) is 13.2 Å². The number of carbonyl (C=O) groups excluding carboxylic acids is 1. The summed E-state index contributed by atoms with van der Waals surface area (Å²) in [5.74, 6) is 0.404. The van der Waals surface area contributed by atoms with Crippen LogP contribution in [0.2, 0.25) is 0 Å². The molecule has 1 heterocycles. The number of rotatable bonds is 6. The average molecular weight is 328 g/mol. The molecular formula is C16H28N2O3S. The summed E-state index contributed by atoms with van der Waals surface area (Å²) >= 11 is 0. The van der Waals surface area contributed by atoms with Crippen LogP contribution in [0.4, 0.5) is 0 Å². The van der Waals surface area contributed by atoms with Crippen LogP contribution in [-0.2, 0) is 14.6 Å². The lowest BCUT2D eigenvalue weighted by molar-refractivity contribution is -0.129. The highest BCUT2D eigenvalue weighted by Crippen LogP contribution is 2.28. The zero-order valence-corrected chi connectivity index (χ0v) is 14.1. The first-order chi connectivity index (χ1) is 10.5. The van der Waals surface area contributed by atoms with Gasteiger partial charge in [-0.05, 0) is 51.0 Å². The number of likely N-dealkylation sites (tertiary alicyclic amines) is 1. The van der Waals surface area contributed by atoms with Crippen molar-refractivity contribution in [3.05, 3.63) is 0 Å². The Labute approximate surface area is 133 Å². The van der Waals surface area contributed by atoms with Crippen LogP contribution in [0.25, 0.3) is 0 Å². The minimum atomic E-state index is -3.24. The van der Waals surface area contributed by atoms with Gasteiger partial charge in [-0.1, -0.05) is 12.8 Å². The lowest BCUT2D eigenvalue weighted by Gasteiger charge is -2.32. The van der Waals surface area contributed by atoms with Gasteiger partial charge in [0.2, 0.25) is 5.91 Å². The van der Waals surface area contributed by atoms with Crippen LogP contribution in [0, 0.1) is 5.92 Å². The Kier molecular flexibility index (Phi) is 5.07. The first-order valence-corrected chi connectivity index (χ1v) is 10.5. The van der Waals surface area contributed by atoms with Crippen LogP contribution in [0.15, 0.2) is 0 Å². The predicted molar refractivity (Wildman–Crippen MR) is 86.4 cm³/mol. The molecule has 0 bridgehead atoms. The fourth-order valence-electron chi connectivity index (χ4n) is 3.62. The second-order valence-corrected chi connectivity index (χ2v) is 9.50. The summed E-state index contributed by atoms with van der Waals surface area (Å²) in [6.07, 6.45) is 8.04. The van der Waals surface area contributed by atoms with Gasteiger partial charge in [-0.15, -0.1) is 0 Å². The van der Waals surface area contributed by atoms with Crippen molar-refractivity contribution >= 4 is 15.7 Å². The van der Waals surface area contributed by atoms with E-state index in [0.717, 1.165) is 51.0 Å². The van der Waals surface area contributed by atoms with Crippen molar-refractivity contribution in [2.24, 2.45) is 5.92 Å². The first-order valence-electron chi connectivity index (χ1n) is 8.77. The van der Waals surface area contributed by atoms with E-state index in [4.69, 9.17) is 0 Å². The summed E-state index contributed by atoms with van der Waals surface area (Å²) in [6.45, 7) is 2.50. The molecule has 0 unspecified atom stereocenters. The minimum absolute atomic E-state index is 0.187. The Hall–Kier alpha value is -0.620. The molecule has 2 saturated carbocycles. The van der Waals surface area contributed by atoms with Gasteiger partial charge >= 0.3 is 0 Å². The molecule has 126 valence electrons. The number of amides is 1. The van der Waals surface area contributed by atoms with Crippen molar-refractivity contribution in [1.82, 2.24) is 10.2 Å². The highest BCUT2D eigenvalue weighted by molar-refractivity contribution is 7.92. The fraction of sp³-hybridized carbons (Fsp3) is 0.938. The summed E-state index contributed by atoms with van der Waals surface area (Å²) in [5.41, 5.74) is 0. The molecular weight excluding hydrogens is 300 g/mol. The molecule has 2 aliphatic carbocycles. The zero-order chi connectivity index (χ0) is 15.6. The number of piperidine rings is 1. The van der Waals surface area contributed by atoms with Crippen LogP contribution < -0.4 is 5.32 Å². The van der Waals surface area contributed by atoms with Crippen LogP contribution in [0.1, 0.15) is 51.4 Å². The normalized spacial score (nSPS) is 24.8. The molecule has 0 spiro atoms. The molecule has 0 aromatic heterocycles. The van der Waals surface area contributed by atoms with Gasteiger partial charge in [-0.25, -0.2) is 8.42 Å². The lowest BCUT2D eigenvalue weighted by atomic mass is 10.0. The van der Waals surface area contributed by atoms with Crippen LogP contribution in [-0.4, -0.2) is 55.9 Å². The molecule has 5 nitrogen and oxygen atoms in total. The molecule has 1 amide bonds. The molecule has 0 aromatic rings. The zero-order valence-electron chi connectivity index (χ0n) is 13.3. The van der Waals surface area contributed by atoms with Crippen molar-refractivity contribution < 1.29 is 13.2 Å². The lowest BCUT2D eigenvalue weighted by Crippen LogP contribution is -2.47. The summed E-state index contributed by atoms with van der Waals surface area (Å²) in [6, 6.07) is 0.496. The maximum Gasteiger partial charge on any atom is 0.237 e. The third-order valence-electron chi connectivity index (χ3n) is 5.37.